The second kappa shape index (κ2) is 6.22. The van der Waals surface area contributed by atoms with Gasteiger partial charge in [-0.05, 0) is 46.6 Å². The summed E-state index contributed by atoms with van der Waals surface area (Å²) in [4.78, 5) is 23.3. The molecule has 0 bridgehead atoms. The molecule has 0 fully saturated rings. The van der Waals surface area contributed by atoms with E-state index >= 15 is 0 Å². The Morgan fingerprint density at radius 2 is 2.10 bits per heavy atom. The molecule has 0 radical (unpaired) electrons. The quantitative estimate of drug-likeness (QED) is 0.797. The molecule has 0 amide bonds. The lowest BCUT2D eigenvalue weighted by atomic mass is 10.1. The maximum Gasteiger partial charge on any atom is 0.340 e. The number of benzene rings is 1. The summed E-state index contributed by atoms with van der Waals surface area (Å²) in [6.07, 6.45) is 1.64. The number of hydrogen-bond acceptors (Lipinski definition) is 3. The van der Waals surface area contributed by atoms with Crippen LogP contribution < -0.4 is 5.56 Å². The molecule has 110 valence electrons. The number of aromatic nitrogens is 1. The molecular weight excluding hydrogens is 341 g/mol. The van der Waals surface area contributed by atoms with E-state index in [9.17, 15) is 14.0 Å². The molecule has 0 aliphatic rings. The van der Waals surface area contributed by atoms with Crippen LogP contribution >= 0.6 is 15.9 Å². The van der Waals surface area contributed by atoms with Crippen molar-refractivity contribution in [2.24, 2.45) is 0 Å². The maximum absolute atomic E-state index is 13.9. The maximum atomic E-state index is 13.9. The monoisotopic (exact) mass is 353 g/mol. The molecule has 0 aliphatic carbocycles. The summed E-state index contributed by atoms with van der Waals surface area (Å²) in [6, 6.07) is 5.90. The van der Waals surface area contributed by atoms with Gasteiger partial charge in [-0.1, -0.05) is 6.07 Å². The minimum atomic E-state index is -0.727. The Labute approximate surface area is 129 Å². The van der Waals surface area contributed by atoms with Crippen molar-refractivity contribution in [3.63, 3.8) is 0 Å². The molecule has 0 N–H and O–H groups in total. The van der Waals surface area contributed by atoms with Gasteiger partial charge in [0.1, 0.15) is 5.82 Å². The van der Waals surface area contributed by atoms with Crippen LogP contribution in [0.3, 0.4) is 0 Å². The average molecular weight is 354 g/mol. The van der Waals surface area contributed by atoms with Gasteiger partial charge in [-0.15, -0.1) is 0 Å². The van der Waals surface area contributed by atoms with E-state index in [0.29, 0.717) is 11.1 Å². The Balaban J connectivity index is 2.35. The first-order valence-corrected chi connectivity index (χ1v) is 6.95. The Kier molecular flexibility index (Phi) is 4.57. The largest absolute Gasteiger partial charge is 0.465 e. The fourth-order valence-electron chi connectivity index (χ4n) is 1.99. The second-order valence-corrected chi connectivity index (χ2v) is 5.50. The first kappa shape index (κ1) is 15.4. The topological polar surface area (TPSA) is 48.3 Å². The molecule has 2 aromatic rings. The van der Waals surface area contributed by atoms with E-state index in [4.69, 9.17) is 0 Å². The Hall–Kier alpha value is -1.95. The third-order valence-electron chi connectivity index (χ3n) is 3.02. The van der Waals surface area contributed by atoms with Crippen molar-refractivity contribution in [3.8, 4) is 0 Å². The molecule has 21 heavy (non-hydrogen) atoms. The summed E-state index contributed by atoms with van der Waals surface area (Å²) in [5.74, 6) is -1.39. The lowest BCUT2D eigenvalue weighted by Gasteiger charge is -2.09. The van der Waals surface area contributed by atoms with Crippen LogP contribution in [0.25, 0.3) is 0 Å². The van der Waals surface area contributed by atoms with E-state index in [1.54, 1.807) is 25.3 Å². The molecule has 0 unspecified atom stereocenters. The first-order chi connectivity index (χ1) is 9.92. The summed E-state index contributed by atoms with van der Waals surface area (Å²) >= 11 is 3.32. The van der Waals surface area contributed by atoms with Crippen molar-refractivity contribution in [3.05, 3.63) is 67.8 Å². The number of pyridine rings is 1. The smallest absolute Gasteiger partial charge is 0.340 e. The molecule has 1 heterocycles. The normalized spacial score (nSPS) is 10.5. The Morgan fingerprint density at radius 1 is 1.38 bits per heavy atom. The van der Waals surface area contributed by atoms with Crippen LogP contribution in [0.2, 0.25) is 0 Å². The third kappa shape index (κ3) is 3.39. The predicted octanol–water partition coefficient (Wildman–Crippen LogP) is 2.89. The number of rotatable bonds is 3. The number of ether oxygens (including phenoxy) is 1. The minimum Gasteiger partial charge on any atom is -0.465 e. The van der Waals surface area contributed by atoms with Gasteiger partial charge in [0.2, 0.25) is 0 Å². The van der Waals surface area contributed by atoms with Gasteiger partial charge in [0, 0.05) is 16.2 Å². The third-order valence-corrected chi connectivity index (χ3v) is 3.46. The fourth-order valence-corrected chi connectivity index (χ4v) is 2.58. The first-order valence-electron chi connectivity index (χ1n) is 6.15. The molecule has 1 aromatic heterocycles. The van der Waals surface area contributed by atoms with Gasteiger partial charge >= 0.3 is 5.97 Å². The number of esters is 1. The van der Waals surface area contributed by atoms with Gasteiger partial charge in [-0.2, -0.15) is 0 Å². The highest BCUT2D eigenvalue weighted by Crippen LogP contribution is 2.14. The molecule has 0 saturated heterocycles. The highest BCUT2D eigenvalue weighted by molar-refractivity contribution is 9.10. The zero-order valence-corrected chi connectivity index (χ0v) is 13.1. The van der Waals surface area contributed by atoms with Gasteiger partial charge in [0.15, 0.2) is 0 Å². The summed E-state index contributed by atoms with van der Waals surface area (Å²) in [6.45, 7) is 1.93. The average Bonchev–Trinajstić information content (AvgIpc) is 2.43. The number of halogens is 2. The number of aryl methyl sites for hydroxylation is 1. The number of hydrogen-bond donors (Lipinski definition) is 0. The standard InChI is InChI=1S/C15H13BrFNO3/c1-9-5-11(16)8-18(14(9)19)7-10-3-4-12(13(17)6-10)15(20)21-2/h3-6,8H,7H2,1-2H3. The summed E-state index contributed by atoms with van der Waals surface area (Å²) in [5, 5.41) is 0. The van der Waals surface area contributed by atoms with Crippen LogP contribution in [0.5, 0.6) is 0 Å². The predicted molar refractivity (Wildman–Crippen MR) is 80.0 cm³/mol. The lowest BCUT2D eigenvalue weighted by Crippen LogP contribution is -2.22. The van der Waals surface area contributed by atoms with Gasteiger partial charge in [-0.3, -0.25) is 4.79 Å². The van der Waals surface area contributed by atoms with E-state index in [1.165, 1.54) is 23.8 Å². The van der Waals surface area contributed by atoms with Crippen LogP contribution in [-0.4, -0.2) is 17.6 Å². The number of nitrogens with zero attached hydrogens (tertiary/aromatic N) is 1. The molecular formula is C15H13BrFNO3. The van der Waals surface area contributed by atoms with Crippen LogP contribution in [0, 0.1) is 12.7 Å². The van der Waals surface area contributed by atoms with E-state index in [-0.39, 0.29) is 17.7 Å². The van der Waals surface area contributed by atoms with E-state index in [2.05, 4.69) is 20.7 Å². The molecule has 0 saturated carbocycles. The summed E-state index contributed by atoms with van der Waals surface area (Å²) in [5.41, 5.74) is 0.908. The number of carbonyl (C=O) groups is 1. The van der Waals surface area contributed by atoms with Crippen molar-refractivity contribution in [1.82, 2.24) is 4.57 Å². The van der Waals surface area contributed by atoms with Crippen LogP contribution in [0.1, 0.15) is 21.5 Å². The minimum absolute atomic E-state index is 0.126. The number of methoxy groups -OCH3 is 1. The van der Waals surface area contributed by atoms with Crippen LogP contribution in [0.4, 0.5) is 4.39 Å². The van der Waals surface area contributed by atoms with Crippen molar-refractivity contribution in [1.29, 1.82) is 0 Å². The van der Waals surface area contributed by atoms with Crippen molar-refractivity contribution >= 4 is 21.9 Å². The van der Waals surface area contributed by atoms with E-state index in [0.717, 1.165) is 4.47 Å². The Bertz CT molecular complexity index is 755. The molecule has 0 spiro atoms. The summed E-state index contributed by atoms with van der Waals surface area (Å²) in [7, 11) is 1.19. The Morgan fingerprint density at radius 3 is 2.71 bits per heavy atom. The fraction of sp³-hybridized carbons (Fsp3) is 0.200. The van der Waals surface area contributed by atoms with Crippen LogP contribution in [0.15, 0.2) is 39.7 Å². The van der Waals surface area contributed by atoms with Gasteiger partial charge in [0.25, 0.3) is 5.56 Å². The zero-order valence-electron chi connectivity index (χ0n) is 11.5. The van der Waals surface area contributed by atoms with Crippen LogP contribution in [-0.2, 0) is 11.3 Å². The molecule has 4 nitrogen and oxygen atoms in total. The van der Waals surface area contributed by atoms with E-state index < -0.39 is 11.8 Å². The van der Waals surface area contributed by atoms with Gasteiger partial charge < -0.3 is 9.30 Å². The van der Waals surface area contributed by atoms with Crippen molar-refractivity contribution in [2.75, 3.05) is 7.11 Å². The van der Waals surface area contributed by atoms with E-state index in [1.807, 2.05) is 0 Å². The number of carbonyl (C=O) groups excluding carboxylic acids is 1. The zero-order chi connectivity index (χ0) is 15.6. The molecule has 2 rings (SSSR count). The van der Waals surface area contributed by atoms with Gasteiger partial charge in [-0.25, -0.2) is 9.18 Å². The molecule has 1 aromatic carbocycles. The van der Waals surface area contributed by atoms with Crippen molar-refractivity contribution in [2.45, 2.75) is 13.5 Å². The SMILES string of the molecule is COC(=O)c1ccc(Cn2cc(Br)cc(C)c2=O)cc1F. The van der Waals surface area contributed by atoms with Gasteiger partial charge in [0.05, 0.1) is 19.2 Å². The lowest BCUT2D eigenvalue weighted by molar-refractivity contribution is 0.0595. The van der Waals surface area contributed by atoms with Crippen molar-refractivity contribution < 1.29 is 13.9 Å². The second-order valence-electron chi connectivity index (χ2n) is 4.58. The molecule has 0 aliphatic heterocycles. The highest BCUT2D eigenvalue weighted by atomic mass is 79.9. The molecule has 6 heteroatoms. The summed E-state index contributed by atoms with van der Waals surface area (Å²) < 4.78 is 20.6. The molecule has 0 atom stereocenters. The highest BCUT2D eigenvalue weighted by Gasteiger charge is 2.12.